The minimum atomic E-state index is -0.275. The van der Waals surface area contributed by atoms with E-state index >= 15 is 0 Å². The molecule has 1 N–H and O–H groups in total. The topological polar surface area (TPSA) is 24.9 Å². The van der Waals surface area contributed by atoms with Crippen molar-refractivity contribution in [3.8, 4) is 0 Å². The molecule has 0 fully saturated rings. The highest BCUT2D eigenvalue weighted by molar-refractivity contribution is 5.03. The van der Waals surface area contributed by atoms with Crippen LogP contribution >= 0.6 is 0 Å². The van der Waals surface area contributed by atoms with Gasteiger partial charge in [-0.3, -0.25) is 4.98 Å². The summed E-state index contributed by atoms with van der Waals surface area (Å²) >= 11 is 0. The molecule has 0 saturated heterocycles. The molecule has 0 aliphatic heterocycles. The lowest BCUT2D eigenvalue weighted by atomic mass is 10.3. The maximum absolute atomic E-state index is 7.53. The van der Waals surface area contributed by atoms with Gasteiger partial charge in [-0.1, -0.05) is 6.04 Å². The zero-order valence-corrected chi connectivity index (χ0v) is 5.86. The molecule has 0 radical (unpaired) electrons. The Morgan fingerprint density at radius 3 is 3.40 bits per heavy atom. The van der Waals surface area contributed by atoms with Crippen LogP contribution in [0.15, 0.2) is 24.3 Å². The molecule has 1 rings (SSSR count). The summed E-state index contributed by atoms with van der Waals surface area (Å²) in [5, 5.41) is 2.90. The van der Waals surface area contributed by atoms with Gasteiger partial charge in [-0.15, -0.1) is 0 Å². The molecule has 0 aliphatic rings. The number of pyridine rings is 1. The van der Waals surface area contributed by atoms with E-state index in [1.165, 1.54) is 0 Å². The summed E-state index contributed by atoms with van der Waals surface area (Å²) in [6, 6.07) is -0.527. The fourth-order valence-electron chi connectivity index (χ4n) is 0.617. The van der Waals surface area contributed by atoms with Crippen LogP contribution < -0.4 is 5.32 Å². The third kappa shape index (κ3) is 2.15. The van der Waals surface area contributed by atoms with E-state index in [0.29, 0.717) is 18.7 Å². The molecule has 1 aromatic rings. The first-order valence-corrected chi connectivity index (χ1v) is 3.15. The van der Waals surface area contributed by atoms with Crippen LogP contribution in [0, 0.1) is 0 Å². The molecule has 0 unspecified atom stereocenters. The van der Waals surface area contributed by atoms with Crippen molar-refractivity contribution in [2.75, 3.05) is 13.6 Å². The van der Waals surface area contributed by atoms with Crippen molar-refractivity contribution >= 4 is 0 Å². The normalized spacial score (nSPS) is 15.3. The average Bonchev–Trinajstić information content (AvgIpc) is 2.18. The van der Waals surface area contributed by atoms with Crippen LogP contribution in [0.5, 0.6) is 0 Å². The van der Waals surface area contributed by atoms with E-state index in [1.54, 1.807) is 7.05 Å². The second-order valence-electron chi connectivity index (χ2n) is 1.90. The van der Waals surface area contributed by atoms with Crippen LogP contribution in [0.2, 0.25) is 0 Å². The predicted octanol–water partition coefficient (Wildman–Crippen LogP) is 0.844. The molecule has 2 heteroatoms. The SMILES string of the molecule is [2H]c1nc(CCNC)c([2H])c([2H])c1[2H]. The van der Waals surface area contributed by atoms with Crippen LogP contribution in [0.25, 0.3) is 0 Å². The number of nitrogens with one attached hydrogen (secondary N) is 1. The molecule has 0 aliphatic carbocycles. The zero-order valence-electron chi connectivity index (χ0n) is 9.86. The Balaban J connectivity index is 3.06. The predicted molar refractivity (Wildman–Crippen MR) is 41.9 cm³/mol. The first-order chi connectivity index (χ1) is 6.57. The van der Waals surface area contributed by atoms with E-state index in [-0.39, 0.29) is 24.3 Å². The van der Waals surface area contributed by atoms with Crippen molar-refractivity contribution in [1.29, 1.82) is 0 Å². The van der Waals surface area contributed by atoms with Gasteiger partial charge in [-0.25, -0.2) is 0 Å². The minimum absolute atomic E-state index is 0.0405. The third-order valence-corrected chi connectivity index (χ3v) is 1.13. The zero-order chi connectivity index (χ0) is 10.7. The van der Waals surface area contributed by atoms with Gasteiger partial charge in [0.25, 0.3) is 0 Å². The Hall–Kier alpha value is -0.890. The number of likely N-dealkylation sites (N-methyl/N-ethyl adjacent to an activating group) is 1. The molecule has 0 amide bonds. The van der Waals surface area contributed by atoms with Crippen molar-refractivity contribution in [2.24, 2.45) is 0 Å². The molecule has 1 aromatic heterocycles. The maximum atomic E-state index is 7.53. The molecule has 0 spiro atoms. The third-order valence-electron chi connectivity index (χ3n) is 1.13. The molecule has 0 aromatic carbocycles. The standard InChI is InChI=1S/C8H12N2/c1-9-7-5-8-4-2-3-6-10-8/h2-4,6,9H,5,7H2,1H3/i2D,3D,4D,6D. The minimum Gasteiger partial charge on any atom is -0.319 e. The van der Waals surface area contributed by atoms with Gasteiger partial charge in [0.1, 0.15) is 0 Å². The molecule has 1 heterocycles. The molecule has 0 saturated carbocycles. The fraction of sp³-hybridized carbons (Fsp3) is 0.375. The first-order valence-electron chi connectivity index (χ1n) is 5.15. The second kappa shape index (κ2) is 4.01. The van der Waals surface area contributed by atoms with Gasteiger partial charge < -0.3 is 5.32 Å². The van der Waals surface area contributed by atoms with Crippen LogP contribution in [-0.4, -0.2) is 18.6 Å². The highest BCUT2D eigenvalue weighted by atomic mass is 14.8. The highest BCUT2D eigenvalue weighted by Crippen LogP contribution is 1.92. The fourth-order valence-corrected chi connectivity index (χ4v) is 0.617. The molecule has 0 bridgehead atoms. The van der Waals surface area contributed by atoms with Crippen LogP contribution in [-0.2, 0) is 6.42 Å². The van der Waals surface area contributed by atoms with E-state index < -0.39 is 0 Å². The number of aromatic nitrogens is 1. The Morgan fingerprint density at radius 1 is 1.70 bits per heavy atom. The number of nitrogens with zero attached hydrogens (tertiary/aromatic N) is 1. The largest absolute Gasteiger partial charge is 0.319 e. The molecule has 54 valence electrons. The van der Waals surface area contributed by atoms with Crippen LogP contribution in [0.1, 0.15) is 11.2 Å². The van der Waals surface area contributed by atoms with Crippen LogP contribution in [0.3, 0.4) is 0 Å². The summed E-state index contributed by atoms with van der Waals surface area (Å²) < 4.78 is 29.5. The monoisotopic (exact) mass is 140 g/mol. The Kier molecular flexibility index (Phi) is 1.40. The van der Waals surface area contributed by atoms with E-state index in [0.717, 1.165) is 0 Å². The molecular formula is C8H12N2. The first kappa shape index (κ1) is 3.49. The second-order valence-corrected chi connectivity index (χ2v) is 1.90. The summed E-state index contributed by atoms with van der Waals surface area (Å²) in [5.41, 5.74) is 0.408. The van der Waals surface area contributed by atoms with Gasteiger partial charge in [-0.2, -0.15) is 0 Å². The van der Waals surface area contributed by atoms with Gasteiger partial charge in [0.05, 0.1) is 5.48 Å². The van der Waals surface area contributed by atoms with E-state index in [4.69, 9.17) is 5.48 Å². The van der Waals surface area contributed by atoms with Gasteiger partial charge >= 0.3 is 0 Å². The number of hydrogen-bond donors (Lipinski definition) is 1. The number of rotatable bonds is 3. The van der Waals surface area contributed by atoms with Crippen LogP contribution in [0.4, 0.5) is 0 Å². The van der Waals surface area contributed by atoms with Gasteiger partial charge in [0, 0.05) is 24.8 Å². The van der Waals surface area contributed by atoms with E-state index in [2.05, 4.69) is 10.3 Å². The lowest BCUT2D eigenvalue weighted by molar-refractivity contribution is 0.776. The van der Waals surface area contributed by atoms with E-state index in [9.17, 15) is 0 Å². The average molecular weight is 140 g/mol. The molecular weight excluding hydrogens is 124 g/mol. The van der Waals surface area contributed by atoms with Crippen molar-refractivity contribution in [3.05, 3.63) is 30.0 Å². The lowest BCUT2D eigenvalue weighted by Gasteiger charge is -1.96. The molecule has 0 atom stereocenters. The van der Waals surface area contributed by atoms with Crippen molar-refractivity contribution in [3.63, 3.8) is 0 Å². The van der Waals surface area contributed by atoms with Crippen molar-refractivity contribution < 1.29 is 5.48 Å². The lowest BCUT2D eigenvalue weighted by Crippen LogP contribution is -2.10. The van der Waals surface area contributed by atoms with Gasteiger partial charge in [0.2, 0.25) is 0 Å². The quantitative estimate of drug-likeness (QED) is 0.673. The summed E-state index contributed by atoms with van der Waals surface area (Å²) in [6.07, 6.45) is 0.282. The summed E-state index contributed by atoms with van der Waals surface area (Å²) in [4.78, 5) is 3.80. The molecule has 2 nitrogen and oxygen atoms in total. The van der Waals surface area contributed by atoms with Gasteiger partial charge in [-0.05, 0) is 19.1 Å². The van der Waals surface area contributed by atoms with Gasteiger partial charge in [0.15, 0.2) is 0 Å². The van der Waals surface area contributed by atoms with Crippen molar-refractivity contribution in [1.82, 2.24) is 10.3 Å². The summed E-state index contributed by atoms with van der Waals surface area (Å²) in [6.45, 7) is 0.648. The Bertz CT molecular complexity index is 341. The summed E-state index contributed by atoms with van der Waals surface area (Å²) in [7, 11) is 1.78. The van der Waals surface area contributed by atoms with Crippen molar-refractivity contribution in [2.45, 2.75) is 6.42 Å². The number of hydrogen-bond acceptors (Lipinski definition) is 2. The maximum Gasteiger partial charge on any atom is 0.0840 e. The van der Waals surface area contributed by atoms with E-state index in [1.807, 2.05) is 0 Å². The Labute approximate surface area is 66.9 Å². The smallest absolute Gasteiger partial charge is 0.0840 e. The molecule has 10 heavy (non-hydrogen) atoms. The highest BCUT2D eigenvalue weighted by Gasteiger charge is 1.88. The Morgan fingerprint density at radius 2 is 2.60 bits per heavy atom. The summed E-state index contributed by atoms with van der Waals surface area (Å²) in [5.74, 6) is 0.